The highest BCUT2D eigenvalue weighted by molar-refractivity contribution is 7.18. The maximum atomic E-state index is 9.58. The molecule has 3 atom stereocenters. The van der Waals surface area contributed by atoms with Gasteiger partial charge in [-0.25, -0.2) is 0 Å². The fourth-order valence-electron chi connectivity index (χ4n) is 24.9. The molecule has 29 rings (SSSR count). The zero-order chi connectivity index (χ0) is 95.9. The van der Waals surface area contributed by atoms with E-state index in [1.54, 1.807) is 0 Å². The van der Waals surface area contributed by atoms with Crippen LogP contribution in [0.5, 0.6) is 0 Å². The van der Waals surface area contributed by atoms with Gasteiger partial charge in [-0.1, -0.05) is 451 Å². The number of thiophene rings is 1. The van der Waals surface area contributed by atoms with E-state index in [1.807, 2.05) is 41.7 Å². The van der Waals surface area contributed by atoms with Crippen LogP contribution in [-0.2, 0) is 21.7 Å². The van der Waals surface area contributed by atoms with Crippen LogP contribution in [-0.4, -0.2) is 13.7 Å². The summed E-state index contributed by atoms with van der Waals surface area (Å²) < 4.78 is 7.44. The van der Waals surface area contributed by atoms with E-state index in [4.69, 9.17) is 5.26 Å². The van der Waals surface area contributed by atoms with Crippen molar-refractivity contribution in [3.8, 4) is 106 Å². The van der Waals surface area contributed by atoms with Gasteiger partial charge < -0.3 is 13.7 Å². The smallest absolute Gasteiger partial charge is 0.0991 e. The summed E-state index contributed by atoms with van der Waals surface area (Å²) in [5.41, 5.74) is 43.2. The molecule has 6 heteroatoms. The summed E-state index contributed by atoms with van der Waals surface area (Å²) in [7, 11) is 0. The van der Waals surface area contributed by atoms with Gasteiger partial charge in [0.1, 0.15) is 0 Å². The molecule has 0 N–H and O–H groups in total. The van der Waals surface area contributed by atoms with E-state index in [0.717, 1.165) is 11.1 Å². The number of aromatic nitrogens is 3. The van der Waals surface area contributed by atoms with E-state index in [9.17, 15) is 5.26 Å². The molecule has 3 unspecified atom stereocenters. The van der Waals surface area contributed by atoms with E-state index in [2.05, 4.69) is 525 Å². The van der Waals surface area contributed by atoms with Crippen molar-refractivity contribution in [3.05, 3.63) is 605 Å². The minimum Gasteiger partial charge on any atom is -0.309 e. The van der Waals surface area contributed by atoms with Gasteiger partial charge in [-0.2, -0.15) is 10.5 Å². The van der Waals surface area contributed by atoms with Gasteiger partial charge in [-0.15, -0.1) is 11.3 Å². The van der Waals surface area contributed by atoms with Crippen molar-refractivity contribution in [1.82, 2.24) is 13.7 Å². The number of benzene rings is 21. The van der Waals surface area contributed by atoms with Crippen LogP contribution in [0.25, 0.3) is 159 Å². The molecule has 0 saturated heterocycles. The average molecular weight is 1850 g/mol. The number of nitriles is 2. The molecule has 4 aliphatic rings. The largest absolute Gasteiger partial charge is 0.309 e. The summed E-state index contributed by atoms with van der Waals surface area (Å²) in [6.45, 7) is 4.55. The highest BCUT2D eigenvalue weighted by Crippen LogP contribution is 2.60. The van der Waals surface area contributed by atoms with Crippen molar-refractivity contribution in [2.24, 2.45) is 0 Å². The molecule has 0 radical (unpaired) electrons. The third-order valence-corrected chi connectivity index (χ3v) is 32.6. The molecular weight excluding hydrogens is 1760 g/mol. The van der Waals surface area contributed by atoms with Crippen molar-refractivity contribution < 1.29 is 0 Å². The van der Waals surface area contributed by atoms with Gasteiger partial charge in [0.05, 0.1) is 89.7 Å². The number of fused-ring (bicyclic) bond motifs is 18. The monoisotopic (exact) mass is 1850 g/mol. The first-order valence-electron chi connectivity index (χ1n) is 49.5. The lowest BCUT2D eigenvalue weighted by Crippen LogP contribution is -2.35. The second kappa shape index (κ2) is 33.8. The molecular formula is C138H91N5S. The molecule has 0 spiro atoms. The first kappa shape index (κ1) is 84.9. The number of hydrogen-bond acceptors (Lipinski definition) is 3. The Labute approximate surface area is 840 Å². The normalized spacial score (nSPS) is 15.6. The van der Waals surface area contributed by atoms with E-state index >= 15 is 0 Å². The minimum absolute atomic E-state index is 0.187. The zero-order valence-corrected chi connectivity index (χ0v) is 80.0. The van der Waals surface area contributed by atoms with Gasteiger partial charge in [0.15, 0.2) is 0 Å². The molecule has 0 amide bonds. The van der Waals surface area contributed by atoms with Gasteiger partial charge in [-0.3, -0.25) is 0 Å². The fourth-order valence-corrected chi connectivity index (χ4v) is 25.9. The fraction of sp³-hybridized carbons (Fsp3) is 0.0435. The maximum absolute atomic E-state index is 9.58. The molecule has 144 heavy (non-hydrogen) atoms. The topological polar surface area (TPSA) is 62.4 Å². The average Bonchev–Trinajstić information content (AvgIpc) is 1.48. The van der Waals surface area contributed by atoms with E-state index < -0.39 is 16.2 Å². The third kappa shape index (κ3) is 12.8. The first-order valence-corrected chi connectivity index (χ1v) is 50.3. The van der Waals surface area contributed by atoms with E-state index in [-0.39, 0.29) is 5.41 Å². The van der Waals surface area contributed by atoms with Crippen LogP contribution in [0.3, 0.4) is 0 Å². The van der Waals surface area contributed by atoms with Crippen molar-refractivity contribution in [1.29, 1.82) is 10.5 Å². The molecule has 1 aliphatic carbocycles. The predicted octanol–water partition coefficient (Wildman–Crippen LogP) is 34.6. The second-order valence-corrected chi connectivity index (χ2v) is 40.0. The maximum Gasteiger partial charge on any atom is 0.0991 e. The molecule has 0 fully saturated rings. The Bertz CT molecular complexity index is 9510. The van der Waals surface area contributed by atoms with Crippen LogP contribution < -0.4 is 0 Å². The van der Waals surface area contributed by atoms with Crippen LogP contribution in [0.15, 0.2) is 516 Å². The van der Waals surface area contributed by atoms with E-state index in [1.165, 1.54) is 226 Å². The number of nitrogens with zero attached hydrogens (tertiary/aromatic N) is 5. The lowest BCUT2D eigenvalue weighted by Gasteiger charge is -2.41. The highest BCUT2D eigenvalue weighted by atomic mass is 32.1. The van der Waals surface area contributed by atoms with Crippen LogP contribution >= 0.6 is 11.3 Å². The Balaban J connectivity index is 0.000000108. The Kier molecular flexibility index (Phi) is 19.9. The molecule has 674 valence electrons. The summed E-state index contributed by atoms with van der Waals surface area (Å²) in [6, 6.07) is 193. The quantitative estimate of drug-likeness (QED) is 0.122. The molecule has 25 aromatic rings. The molecule has 21 aromatic carbocycles. The van der Waals surface area contributed by atoms with Gasteiger partial charge in [0.25, 0.3) is 0 Å². The van der Waals surface area contributed by atoms with E-state index in [0.29, 0.717) is 11.1 Å². The predicted molar refractivity (Wildman–Crippen MR) is 595 cm³/mol. The van der Waals surface area contributed by atoms with Crippen LogP contribution in [0, 0.1) is 22.7 Å². The Morgan fingerprint density at radius 3 is 0.819 bits per heavy atom. The molecule has 3 aliphatic heterocycles. The molecule has 0 bridgehead atoms. The van der Waals surface area contributed by atoms with Crippen LogP contribution in [0.1, 0.15) is 103 Å². The Hall–Kier alpha value is -18.3. The van der Waals surface area contributed by atoms with Gasteiger partial charge in [0.2, 0.25) is 0 Å². The number of hydrogen-bond donors (Lipinski definition) is 0. The number of rotatable bonds is 12. The van der Waals surface area contributed by atoms with Gasteiger partial charge >= 0.3 is 0 Å². The third-order valence-electron chi connectivity index (χ3n) is 31.4. The van der Waals surface area contributed by atoms with Gasteiger partial charge in [-0.05, 0) is 224 Å². The summed E-state index contributed by atoms with van der Waals surface area (Å²) in [6.07, 6.45) is 0. The zero-order valence-electron chi connectivity index (χ0n) is 79.2. The summed E-state index contributed by atoms with van der Waals surface area (Å²) in [5.74, 6) is 0. The molecule has 5 nitrogen and oxygen atoms in total. The van der Waals surface area contributed by atoms with Gasteiger partial charge in [0, 0.05) is 47.5 Å². The van der Waals surface area contributed by atoms with Crippen molar-refractivity contribution in [3.63, 3.8) is 0 Å². The second-order valence-electron chi connectivity index (χ2n) is 38.9. The first-order chi connectivity index (χ1) is 71.1. The Morgan fingerprint density at radius 2 is 0.451 bits per heavy atom. The standard InChI is InChI=1S/C47H32N2.C47H31NS.C44H28N2/c1-46(2)41-27-30(29-48)19-25-35(41)36-26-22-32(28-42(36)46)31-20-23-34(24-21-31)47(33-11-4-3-5-12-33)39-15-7-9-18-44(39)49-43-17-8-6-13-37(43)38-14-10-16-40(47)45(38)49;1-3-12-34(13-4-1)44-30-31-45(49-44)35-24-22-32(23-25-35)33-26-28-37(29-27-33)47(36-14-5-2-6-15-36)40-18-8-10-21-43(40)48-42-20-9-7-16-38(42)39-17-11-19-41(47)46(39)48;45-29-30-17-19-31(20-18-30)32-21-23-33(24-22-32)34-25-27-36(28-26-34)44(35-9-2-1-3-10-35)39-13-5-7-16-42(39)46-41-15-6-4-11-37(41)38-12-8-14-40(44)43(38)46/h3-28H,1-2H3;1-31H;1-28H. The highest BCUT2D eigenvalue weighted by Gasteiger charge is 2.49. The van der Waals surface area contributed by atoms with Crippen molar-refractivity contribution >= 4 is 76.8 Å². The van der Waals surface area contributed by atoms with Crippen LogP contribution in [0.2, 0.25) is 0 Å². The minimum atomic E-state index is -0.514. The summed E-state index contributed by atoms with van der Waals surface area (Å²) >= 11 is 1.84. The molecule has 0 saturated carbocycles. The Morgan fingerprint density at radius 1 is 0.194 bits per heavy atom. The van der Waals surface area contributed by atoms with Crippen molar-refractivity contribution in [2.45, 2.75) is 35.5 Å². The molecule has 4 aromatic heterocycles. The lowest BCUT2D eigenvalue weighted by molar-refractivity contribution is 0.660. The lowest BCUT2D eigenvalue weighted by atomic mass is 9.63. The molecule has 7 heterocycles. The van der Waals surface area contributed by atoms with Crippen LogP contribution in [0.4, 0.5) is 0 Å². The number of para-hydroxylation sites is 9. The SMILES string of the molecule is CC1(C)c2cc(C#N)ccc2-c2ccc(-c3ccc(C4(c5ccccc5)c5ccccc5-n5c6ccccc6c6cccc4c65)cc3)cc21.N#Cc1ccc(-c2ccc(-c3ccc(C4(c5ccccc5)c5ccccc5-n5c6ccccc6c6cccc4c65)cc3)cc2)cc1.c1ccc(-c2ccc(-c3ccc(-c4ccc(C5(c6ccccc6)c6ccccc6-n6c7ccccc7c7cccc5c76)cc4)cc3)s2)cc1. The summed E-state index contributed by atoms with van der Waals surface area (Å²) in [4.78, 5) is 2.58. The van der Waals surface area contributed by atoms with Crippen molar-refractivity contribution in [2.75, 3.05) is 0 Å². The summed E-state index contributed by atoms with van der Waals surface area (Å²) in [5, 5.41) is 26.4.